The number of rotatable bonds is 8. The molecule has 0 spiro atoms. The van der Waals surface area contributed by atoms with Gasteiger partial charge in [0.1, 0.15) is 0 Å². The summed E-state index contributed by atoms with van der Waals surface area (Å²) in [5.74, 6) is 0.394. The molecule has 1 aliphatic heterocycles. The van der Waals surface area contributed by atoms with Crippen molar-refractivity contribution in [3.8, 4) is 0 Å². The first-order chi connectivity index (χ1) is 8.19. The van der Waals surface area contributed by atoms with Crippen molar-refractivity contribution in [1.82, 2.24) is 10.2 Å². The Bertz CT molecular complexity index is 250. The Hall–Kier alpha value is -1.06. The number of unbranched alkanes of at least 4 members (excludes halogenated alkanes) is 2. The minimum absolute atomic E-state index is 0.0772. The molecule has 98 valence electrons. The molecule has 4 nitrogen and oxygen atoms in total. The molecule has 1 atom stereocenters. The molecule has 1 saturated heterocycles. The molecule has 1 aliphatic rings. The molecular weight excluding hydrogens is 216 g/mol. The third-order valence-electron chi connectivity index (χ3n) is 3.29. The topological polar surface area (TPSA) is 49.4 Å². The van der Waals surface area contributed by atoms with E-state index in [1.165, 1.54) is 24.2 Å². The lowest BCUT2D eigenvalue weighted by Gasteiger charge is -2.21. The lowest BCUT2D eigenvalue weighted by molar-refractivity contribution is -0.125. The first kappa shape index (κ1) is 14.0. The van der Waals surface area contributed by atoms with Gasteiger partial charge in [0.2, 0.25) is 5.91 Å². The van der Waals surface area contributed by atoms with Gasteiger partial charge in [0.15, 0.2) is 0 Å². The zero-order valence-corrected chi connectivity index (χ0v) is 11.0. The summed E-state index contributed by atoms with van der Waals surface area (Å²) in [5, 5.41) is 2.57. The Balaban J connectivity index is 2.41. The fraction of sp³-hybridized carbons (Fsp3) is 0.846. The van der Waals surface area contributed by atoms with Gasteiger partial charge in [-0.15, -0.1) is 0 Å². The molecule has 1 unspecified atom stereocenters. The van der Waals surface area contributed by atoms with Crippen LogP contribution in [0.5, 0.6) is 0 Å². The van der Waals surface area contributed by atoms with E-state index in [4.69, 9.17) is 0 Å². The highest BCUT2D eigenvalue weighted by Crippen LogP contribution is 2.18. The molecule has 4 heteroatoms. The van der Waals surface area contributed by atoms with E-state index in [-0.39, 0.29) is 18.5 Å². The molecule has 0 bridgehead atoms. The molecule has 0 aromatic heterocycles. The molecule has 1 rings (SSSR count). The van der Waals surface area contributed by atoms with Gasteiger partial charge in [-0.2, -0.15) is 0 Å². The third kappa shape index (κ3) is 4.36. The van der Waals surface area contributed by atoms with E-state index < -0.39 is 0 Å². The summed E-state index contributed by atoms with van der Waals surface area (Å²) in [6, 6.07) is -0.216. The molecular formula is C13H24N2O2. The number of urea groups is 1. The Morgan fingerprint density at radius 1 is 1.18 bits per heavy atom. The summed E-state index contributed by atoms with van der Waals surface area (Å²) in [5.41, 5.74) is 0. The van der Waals surface area contributed by atoms with E-state index in [1.807, 2.05) is 0 Å². The van der Waals surface area contributed by atoms with E-state index >= 15 is 0 Å². The van der Waals surface area contributed by atoms with Crippen LogP contribution in [0.4, 0.5) is 4.79 Å². The van der Waals surface area contributed by atoms with Crippen LogP contribution in [0, 0.1) is 5.92 Å². The predicted molar refractivity (Wildman–Crippen MR) is 67.7 cm³/mol. The van der Waals surface area contributed by atoms with Gasteiger partial charge < -0.3 is 5.32 Å². The highest BCUT2D eigenvalue weighted by molar-refractivity contribution is 6.01. The van der Waals surface area contributed by atoms with Crippen LogP contribution in [0.2, 0.25) is 0 Å². The fourth-order valence-corrected chi connectivity index (χ4v) is 2.32. The maximum absolute atomic E-state index is 11.5. The van der Waals surface area contributed by atoms with E-state index in [0.29, 0.717) is 12.5 Å². The first-order valence-electron chi connectivity index (χ1n) is 6.77. The van der Waals surface area contributed by atoms with Gasteiger partial charge >= 0.3 is 6.03 Å². The second kappa shape index (κ2) is 7.30. The van der Waals surface area contributed by atoms with Crippen molar-refractivity contribution in [2.75, 3.05) is 13.1 Å². The molecule has 0 aromatic rings. The van der Waals surface area contributed by atoms with Crippen molar-refractivity contribution in [3.63, 3.8) is 0 Å². The predicted octanol–water partition coefficient (Wildman–Crippen LogP) is 2.53. The molecule has 0 aliphatic carbocycles. The standard InChI is InChI=1S/C13H24N2O2/c1-3-5-6-8-11(7-4-2)10-15-12(16)9-14-13(15)17/h11H,3-10H2,1-2H3,(H,14,17). The second-order valence-electron chi connectivity index (χ2n) is 4.81. The Morgan fingerprint density at radius 3 is 2.47 bits per heavy atom. The SMILES string of the molecule is CCCCCC(CCC)CN1C(=O)CNC1=O. The highest BCUT2D eigenvalue weighted by Gasteiger charge is 2.29. The average Bonchev–Trinajstić information content (AvgIpc) is 2.61. The molecule has 1 heterocycles. The van der Waals surface area contributed by atoms with Crippen LogP contribution in [-0.2, 0) is 4.79 Å². The number of carbonyl (C=O) groups excluding carboxylic acids is 2. The largest absolute Gasteiger partial charge is 0.329 e. The molecule has 17 heavy (non-hydrogen) atoms. The van der Waals surface area contributed by atoms with Crippen LogP contribution in [0.1, 0.15) is 52.4 Å². The Labute approximate surface area is 104 Å². The quantitative estimate of drug-likeness (QED) is 0.523. The van der Waals surface area contributed by atoms with Crippen LogP contribution in [0.15, 0.2) is 0 Å². The monoisotopic (exact) mass is 240 g/mol. The van der Waals surface area contributed by atoms with Gasteiger partial charge in [0, 0.05) is 6.54 Å². The van der Waals surface area contributed by atoms with Gasteiger partial charge in [-0.1, -0.05) is 39.5 Å². The van der Waals surface area contributed by atoms with E-state index in [0.717, 1.165) is 19.3 Å². The van der Waals surface area contributed by atoms with Crippen molar-refractivity contribution in [2.45, 2.75) is 52.4 Å². The maximum Gasteiger partial charge on any atom is 0.324 e. The summed E-state index contributed by atoms with van der Waals surface area (Å²) in [4.78, 5) is 24.3. The van der Waals surface area contributed by atoms with Crippen LogP contribution in [-0.4, -0.2) is 29.9 Å². The van der Waals surface area contributed by atoms with Gasteiger partial charge in [-0.3, -0.25) is 9.69 Å². The van der Waals surface area contributed by atoms with Crippen molar-refractivity contribution < 1.29 is 9.59 Å². The minimum atomic E-state index is -0.216. The van der Waals surface area contributed by atoms with Crippen LogP contribution in [0.25, 0.3) is 0 Å². The molecule has 1 N–H and O–H groups in total. The first-order valence-corrected chi connectivity index (χ1v) is 6.77. The molecule has 3 amide bonds. The number of hydrogen-bond acceptors (Lipinski definition) is 2. The zero-order chi connectivity index (χ0) is 12.7. The molecule has 0 aromatic carbocycles. The number of hydrogen-bond donors (Lipinski definition) is 1. The van der Waals surface area contributed by atoms with Crippen molar-refractivity contribution in [1.29, 1.82) is 0 Å². The number of nitrogens with zero attached hydrogens (tertiary/aromatic N) is 1. The van der Waals surface area contributed by atoms with E-state index in [9.17, 15) is 9.59 Å². The lowest BCUT2D eigenvalue weighted by Crippen LogP contribution is -2.35. The van der Waals surface area contributed by atoms with Crippen molar-refractivity contribution >= 4 is 11.9 Å². The Morgan fingerprint density at radius 2 is 1.94 bits per heavy atom. The van der Waals surface area contributed by atoms with E-state index in [1.54, 1.807) is 0 Å². The summed E-state index contributed by atoms with van der Waals surface area (Å²) < 4.78 is 0. The smallest absolute Gasteiger partial charge is 0.324 e. The van der Waals surface area contributed by atoms with Crippen molar-refractivity contribution in [3.05, 3.63) is 0 Å². The van der Waals surface area contributed by atoms with Gasteiger partial charge in [-0.25, -0.2) is 4.79 Å². The Kier molecular flexibility index (Phi) is 6.01. The summed E-state index contributed by atoms with van der Waals surface area (Å²) in [6.45, 7) is 5.11. The maximum atomic E-state index is 11.5. The van der Waals surface area contributed by atoms with Crippen LogP contribution in [0.3, 0.4) is 0 Å². The zero-order valence-electron chi connectivity index (χ0n) is 11.0. The number of nitrogens with one attached hydrogen (secondary N) is 1. The number of amides is 3. The molecule has 0 saturated carbocycles. The van der Waals surface area contributed by atoms with Gasteiger partial charge in [0.05, 0.1) is 6.54 Å². The summed E-state index contributed by atoms with van der Waals surface area (Å²) >= 11 is 0. The summed E-state index contributed by atoms with van der Waals surface area (Å²) in [7, 11) is 0. The minimum Gasteiger partial charge on any atom is -0.329 e. The normalized spacial score (nSPS) is 17.4. The number of carbonyl (C=O) groups is 2. The number of imide groups is 1. The van der Waals surface area contributed by atoms with Crippen molar-refractivity contribution in [2.24, 2.45) is 5.92 Å². The fourth-order valence-electron chi connectivity index (χ4n) is 2.32. The summed E-state index contributed by atoms with van der Waals surface area (Å²) in [6.07, 6.45) is 6.98. The highest BCUT2D eigenvalue weighted by atomic mass is 16.2. The molecule has 1 fully saturated rings. The lowest BCUT2D eigenvalue weighted by atomic mass is 9.96. The van der Waals surface area contributed by atoms with Gasteiger partial charge in [0.25, 0.3) is 0 Å². The average molecular weight is 240 g/mol. The van der Waals surface area contributed by atoms with Crippen LogP contribution < -0.4 is 5.32 Å². The van der Waals surface area contributed by atoms with Crippen LogP contribution >= 0.6 is 0 Å². The van der Waals surface area contributed by atoms with Gasteiger partial charge in [-0.05, 0) is 18.8 Å². The van der Waals surface area contributed by atoms with E-state index in [2.05, 4.69) is 19.2 Å². The molecule has 0 radical (unpaired) electrons. The second-order valence-corrected chi connectivity index (χ2v) is 4.81. The third-order valence-corrected chi connectivity index (χ3v) is 3.29.